The van der Waals surface area contributed by atoms with E-state index in [-0.39, 0.29) is 18.5 Å². The Kier molecular flexibility index (Phi) is 65.9. The maximum absolute atomic E-state index is 12.5. The second-order valence-corrected chi connectivity index (χ2v) is 24.2. The molecule has 460 valence electrons. The van der Waals surface area contributed by atoms with E-state index >= 15 is 0 Å². The second-order valence-electron chi connectivity index (χ2n) is 24.2. The minimum absolute atomic E-state index is 0.00634. The topological polar surface area (TPSA) is 95.9 Å². The molecular formula is C72H137NO5. The maximum Gasteiger partial charge on any atom is 0.305 e. The van der Waals surface area contributed by atoms with Crippen molar-refractivity contribution in [3.05, 3.63) is 36.5 Å². The largest absolute Gasteiger partial charge is 0.466 e. The Hall–Kier alpha value is -1.92. The van der Waals surface area contributed by atoms with Gasteiger partial charge in [-0.1, -0.05) is 326 Å². The molecule has 6 nitrogen and oxygen atoms in total. The molecule has 0 aliphatic rings. The monoisotopic (exact) mass is 1100 g/mol. The van der Waals surface area contributed by atoms with Gasteiger partial charge in [0.2, 0.25) is 5.91 Å². The molecule has 3 N–H and O–H groups in total. The van der Waals surface area contributed by atoms with Gasteiger partial charge in [-0.25, -0.2) is 0 Å². The number of rotatable bonds is 66. The van der Waals surface area contributed by atoms with Crippen LogP contribution in [0.3, 0.4) is 0 Å². The summed E-state index contributed by atoms with van der Waals surface area (Å²) in [6.07, 6.45) is 86.4. The first-order valence-electron chi connectivity index (χ1n) is 35.2. The number of ether oxygens (including phenoxy) is 1. The first-order chi connectivity index (χ1) is 38.5. The number of allylic oxidation sites excluding steroid dienone is 6. The molecule has 0 aromatic rings. The van der Waals surface area contributed by atoms with E-state index in [0.29, 0.717) is 25.9 Å². The molecule has 0 aromatic carbocycles. The fourth-order valence-corrected chi connectivity index (χ4v) is 11.0. The van der Waals surface area contributed by atoms with Crippen LogP contribution < -0.4 is 5.32 Å². The van der Waals surface area contributed by atoms with Crippen molar-refractivity contribution in [3.63, 3.8) is 0 Å². The molecule has 6 heteroatoms. The molecule has 0 saturated carbocycles. The number of esters is 1. The molecule has 0 rings (SSSR count). The summed E-state index contributed by atoms with van der Waals surface area (Å²) in [6.45, 7) is 4.94. The number of amides is 1. The Morgan fingerprint density at radius 1 is 0.359 bits per heavy atom. The maximum atomic E-state index is 12.5. The van der Waals surface area contributed by atoms with E-state index in [9.17, 15) is 19.8 Å². The van der Waals surface area contributed by atoms with Crippen molar-refractivity contribution in [1.29, 1.82) is 0 Å². The number of aliphatic hydroxyl groups is 2. The van der Waals surface area contributed by atoms with E-state index in [4.69, 9.17) is 4.74 Å². The van der Waals surface area contributed by atoms with E-state index in [2.05, 4.69) is 55.6 Å². The van der Waals surface area contributed by atoms with Crippen molar-refractivity contribution >= 4 is 11.9 Å². The van der Waals surface area contributed by atoms with Crippen molar-refractivity contribution in [3.8, 4) is 0 Å². The van der Waals surface area contributed by atoms with E-state index in [1.165, 1.54) is 302 Å². The van der Waals surface area contributed by atoms with Gasteiger partial charge in [-0.05, 0) is 83.5 Å². The molecule has 0 saturated heterocycles. The van der Waals surface area contributed by atoms with E-state index in [1.807, 2.05) is 0 Å². The summed E-state index contributed by atoms with van der Waals surface area (Å²) in [6, 6.07) is -0.537. The van der Waals surface area contributed by atoms with Crippen molar-refractivity contribution in [1.82, 2.24) is 5.32 Å². The summed E-state index contributed by atoms with van der Waals surface area (Å²) in [5, 5.41) is 23.2. The van der Waals surface area contributed by atoms with Gasteiger partial charge in [-0.3, -0.25) is 9.59 Å². The molecule has 0 spiro atoms. The molecule has 2 unspecified atom stereocenters. The molecule has 2 atom stereocenters. The number of hydrogen-bond donors (Lipinski definition) is 3. The number of unbranched alkanes of at least 4 members (excludes halogenated alkanes) is 49. The number of carbonyl (C=O) groups excluding carboxylic acids is 2. The van der Waals surface area contributed by atoms with Gasteiger partial charge in [0.15, 0.2) is 0 Å². The zero-order valence-electron chi connectivity index (χ0n) is 52.7. The van der Waals surface area contributed by atoms with Crippen LogP contribution in [-0.2, 0) is 14.3 Å². The third-order valence-corrected chi connectivity index (χ3v) is 16.4. The van der Waals surface area contributed by atoms with Crippen LogP contribution in [0.1, 0.15) is 386 Å². The minimum atomic E-state index is -0.660. The van der Waals surface area contributed by atoms with Crippen LogP contribution in [0.2, 0.25) is 0 Å². The van der Waals surface area contributed by atoms with Crippen LogP contribution in [0, 0.1) is 0 Å². The van der Waals surface area contributed by atoms with E-state index in [1.54, 1.807) is 0 Å². The Labute approximate surface area is 487 Å². The summed E-state index contributed by atoms with van der Waals surface area (Å²) in [5.74, 6) is -0.0245. The van der Waals surface area contributed by atoms with Crippen LogP contribution in [0.4, 0.5) is 0 Å². The fraction of sp³-hybridized carbons (Fsp3) is 0.889. The molecule has 0 fully saturated rings. The molecular weight excluding hydrogens is 959 g/mol. The second kappa shape index (κ2) is 67.6. The van der Waals surface area contributed by atoms with Gasteiger partial charge in [0.05, 0.1) is 25.4 Å². The molecule has 0 aromatic heterocycles. The van der Waals surface area contributed by atoms with Crippen molar-refractivity contribution < 1.29 is 24.5 Å². The standard InChI is InChI=1S/C72H137NO5/c1-3-5-7-9-11-13-15-16-38-42-46-50-54-58-62-66-72(77)78-67-63-59-55-51-47-43-40-37-35-33-31-29-27-25-23-21-19-17-18-20-22-24-26-28-30-32-34-36-39-41-45-49-53-57-61-65-71(76)73-69(68-74)70(75)64-60-56-52-48-44-14-12-10-8-6-4-2/h11,13,16,19,21,38,69-70,74-75H,3-10,12,14-15,17-18,20,22-37,39-68H2,1-2H3,(H,73,76)/b13-11-,21-19-,38-16-. The van der Waals surface area contributed by atoms with Crippen molar-refractivity contribution in [2.45, 2.75) is 398 Å². The van der Waals surface area contributed by atoms with Crippen LogP contribution in [0.25, 0.3) is 0 Å². The Bertz CT molecular complexity index is 1260. The summed E-state index contributed by atoms with van der Waals surface area (Å²) in [7, 11) is 0. The fourth-order valence-electron chi connectivity index (χ4n) is 11.0. The SMILES string of the molecule is CCCCC/C=C\C/C=C\CCCCCCCC(=O)OCCCCCCCCCCCCCCCC/C=C\CCCCCCCCCCCCCCCCCCCC(=O)NC(CO)C(O)CCCCCCCCCCCCC. The summed E-state index contributed by atoms with van der Waals surface area (Å²) < 4.78 is 5.49. The highest BCUT2D eigenvalue weighted by Crippen LogP contribution is 2.18. The molecule has 0 bridgehead atoms. The quantitative estimate of drug-likeness (QED) is 0.0320. The van der Waals surface area contributed by atoms with Gasteiger partial charge in [0.1, 0.15) is 0 Å². The number of aliphatic hydroxyl groups excluding tert-OH is 2. The number of nitrogens with one attached hydrogen (secondary N) is 1. The third kappa shape index (κ3) is 63.3. The predicted molar refractivity (Wildman–Crippen MR) is 343 cm³/mol. The van der Waals surface area contributed by atoms with Gasteiger partial charge in [0.25, 0.3) is 0 Å². The van der Waals surface area contributed by atoms with Gasteiger partial charge in [-0.2, -0.15) is 0 Å². The van der Waals surface area contributed by atoms with E-state index in [0.717, 1.165) is 51.4 Å². The average molecular weight is 1100 g/mol. The molecule has 1 amide bonds. The average Bonchev–Trinajstić information content (AvgIpc) is 3.44. The van der Waals surface area contributed by atoms with Crippen LogP contribution >= 0.6 is 0 Å². The highest BCUT2D eigenvalue weighted by atomic mass is 16.5. The Morgan fingerprint density at radius 2 is 0.641 bits per heavy atom. The first kappa shape index (κ1) is 76.1. The lowest BCUT2D eigenvalue weighted by atomic mass is 10.0. The third-order valence-electron chi connectivity index (χ3n) is 16.4. The van der Waals surface area contributed by atoms with Gasteiger partial charge >= 0.3 is 5.97 Å². The highest BCUT2D eigenvalue weighted by Gasteiger charge is 2.20. The summed E-state index contributed by atoms with van der Waals surface area (Å²) in [5.41, 5.74) is 0. The molecule has 0 radical (unpaired) electrons. The van der Waals surface area contributed by atoms with Crippen molar-refractivity contribution in [2.24, 2.45) is 0 Å². The molecule has 0 aliphatic heterocycles. The summed E-state index contributed by atoms with van der Waals surface area (Å²) in [4.78, 5) is 24.5. The zero-order valence-corrected chi connectivity index (χ0v) is 52.7. The van der Waals surface area contributed by atoms with Crippen LogP contribution in [0.5, 0.6) is 0 Å². The molecule has 0 heterocycles. The van der Waals surface area contributed by atoms with Gasteiger partial charge in [0, 0.05) is 12.8 Å². The lowest BCUT2D eigenvalue weighted by Crippen LogP contribution is -2.45. The number of carbonyl (C=O) groups is 2. The molecule has 0 aliphatic carbocycles. The minimum Gasteiger partial charge on any atom is -0.466 e. The lowest BCUT2D eigenvalue weighted by molar-refractivity contribution is -0.143. The van der Waals surface area contributed by atoms with Crippen LogP contribution in [-0.4, -0.2) is 47.4 Å². The normalized spacial score (nSPS) is 12.7. The predicted octanol–water partition coefficient (Wildman–Crippen LogP) is 22.7. The lowest BCUT2D eigenvalue weighted by Gasteiger charge is -2.22. The zero-order chi connectivity index (χ0) is 56.4. The Morgan fingerprint density at radius 3 is 1.01 bits per heavy atom. The Balaban J connectivity index is 3.32. The van der Waals surface area contributed by atoms with E-state index < -0.39 is 12.1 Å². The van der Waals surface area contributed by atoms with Gasteiger partial charge in [-0.15, -0.1) is 0 Å². The number of hydrogen-bond acceptors (Lipinski definition) is 5. The van der Waals surface area contributed by atoms with Gasteiger partial charge < -0.3 is 20.3 Å². The smallest absolute Gasteiger partial charge is 0.305 e. The first-order valence-corrected chi connectivity index (χ1v) is 35.2. The molecule has 78 heavy (non-hydrogen) atoms. The van der Waals surface area contributed by atoms with Crippen LogP contribution in [0.15, 0.2) is 36.5 Å². The van der Waals surface area contributed by atoms with Crippen molar-refractivity contribution in [2.75, 3.05) is 13.2 Å². The highest BCUT2D eigenvalue weighted by molar-refractivity contribution is 5.76. The summed E-state index contributed by atoms with van der Waals surface area (Å²) >= 11 is 0.